The lowest BCUT2D eigenvalue weighted by molar-refractivity contribution is 0.0972. The van der Waals surface area contributed by atoms with Crippen LogP contribution >= 0.6 is 0 Å². The molecule has 42 valence electrons. The zero-order valence-electron chi connectivity index (χ0n) is 4.69. The molecule has 0 N–H and O–H groups in total. The Morgan fingerprint density at radius 3 is 2.43 bits per heavy atom. The van der Waals surface area contributed by atoms with Crippen LogP contribution in [0.2, 0.25) is 0 Å². The van der Waals surface area contributed by atoms with Gasteiger partial charge in [-0.05, 0) is 13.8 Å². The normalized spacial score (nSPS) is 10.1. The molecule has 0 aromatic heterocycles. The van der Waals surface area contributed by atoms with Crippen molar-refractivity contribution in [2.45, 2.75) is 13.8 Å². The highest BCUT2D eigenvalue weighted by atomic mass is 19.2. The van der Waals surface area contributed by atoms with E-state index in [1.165, 1.54) is 6.20 Å². The number of nitrogens with zero attached hydrogens (tertiary/aromatic N) is 1. The average Bonchev–Trinajstić information content (AvgIpc) is 1.68. The molecule has 0 rings (SSSR count). The first-order chi connectivity index (χ1) is 3.31. The molecule has 0 aliphatic heterocycles. The van der Waals surface area contributed by atoms with Crippen molar-refractivity contribution in [1.29, 1.82) is 0 Å². The predicted octanol–water partition coefficient (Wildman–Crippen LogP) is 1.73. The Bertz CT molecular complexity index is 61.1. The monoisotopic (exact) mass is 103 g/mol. The van der Waals surface area contributed by atoms with E-state index >= 15 is 0 Å². The summed E-state index contributed by atoms with van der Waals surface area (Å²) in [6, 6.07) is 0. The largest absolute Gasteiger partial charge is 0.220 e. The molecule has 0 aromatic rings. The SMILES string of the molecule is C/C=C\N(F)CC. The van der Waals surface area contributed by atoms with Gasteiger partial charge in [-0.2, -0.15) is 0 Å². The molecule has 0 saturated carbocycles. The van der Waals surface area contributed by atoms with Crippen molar-refractivity contribution < 1.29 is 4.48 Å². The summed E-state index contributed by atoms with van der Waals surface area (Å²) in [5.74, 6) is 0. The van der Waals surface area contributed by atoms with Gasteiger partial charge >= 0.3 is 0 Å². The molecule has 0 aliphatic rings. The van der Waals surface area contributed by atoms with Crippen LogP contribution in [0.15, 0.2) is 12.3 Å². The second-order valence-electron chi connectivity index (χ2n) is 1.20. The van der Waals surface area contributed by atoms with E-state index in [4.69, 9.17) is 0 Å². The van der Waals surface area contributed by atoms with Crippen LogP contribution in [0.4, 0.5) is 4.48 Å². The Hall–Kier alpha value is -0.530. The fourth-order valence-electron chi connectivity index (χ4n) is 0.267. The van der Waals surface area contributed by atoms with Crippen molar-refractivity contribution in [2.75, 3.05) is 6.54 Å². The molecule has 0 aromatic carbocycles. The molecule has 0 bridgehead atoms. The van der Waals surface area contributed by atoms with Crippen LogP contribution in [0.1, 0.15) is 13.8 Å². The molecule has 0 atom stereocenters. The third kappa shape index (κ3) is 3.30. The van der Waals surface area contributed by atoms with Crippen LogP contribution in [0.5, 0.6) is 0 Å². The van der Waals surface area contributed by atoms with E-state index in [9.17, 15) is 4.48 Å². The van der Waals surface area contributed by atoms with Crippen LogP contribution in [0.25, 0.3) is 0 Å². The highest BCUT2D eigenvalue weighted by Gasteiger charge is 1.82. The van der Waals surface area contributed by atoms with Crippen LogP contribution < -0.4 is 0 Å². The second kappa shape index (κ2) is 3.65. The van der Waals surface area contributed by atoms with E-state index in [1.807, 2.05) is 0 Å². The summed E-state index contributed by atoms with van der Waals surface area (Å²) in [7, 11) is 0. The van der Waals surface area contributed by atoms with Crippen molar-refractivity contribution in [1.82, 2.24) is 5.12 Å². The fourth-order valence-corrected chi connectivity index (χ4v) is 0.267. The first kappa shape index (κ1) is 6.47. The maximum atomic E-state index is 11.9. The van der Waals surface area contributed by atoms with Gasteiger partial charge in [0, 0.05) is 12.7 Å². The Kier molecular flexibility index (Phi) is 3.38. The molecule has 0 heterocycles. The van der Waals surface area contributed by atoms with Gasteiger partial charge in [-0.25, -0.2) is 5.12 Å². The Morgan fingerprint density at radius 1 is 1.71 bits per heavy atom. The van der Waals surface area contributed by atoms with Crippen LogP contribution in [-0.2, 0) is 0 Å². The number of rotatable bonds is 2. The quantitative estimate of drug-likeness (QED) is 0.481. The van der Waals surface area contributed by atoms with Gasteiger partial charge in [-0.3, -0.25) is 0 Å². The van der Waals surface area contributed by atoms with Gasteiger partial charge in [-0.1, -0.05) is 6.08 Å². The van der Waals surface area contributed by atoms with E-state index in [-0.39, 0.29) is 0 Å². The number of allylic oxidation sites excluding steroid dienone is 1. The minimum absolute atomic E-state index is 0.421. The summed E-state index contributed by atoms with van der Waals surface area (Å²) in [6.45, 7) is 3.95. The third-order valence-corrected chi connectivity index (χ3v) is 0.613. The van der Waals surface area contributed by atoms with E-state index < -0.39 is 0 Å². The molecule has 1 nitrogen and oxygen atoms in total. The standard InChI is InChI=1S/C5H10FN/c1-3-5-7(6)4-2/h3,5H,4H2,1-2H3/b5-3-. The number of halogens is 1. The van der Waals surface area contributed by atoms with Crippen molar-refractivity contribution in [3.8, 4) is 0 Å². The molecule has 0 unspecified atom stereocenters. The van der Waals surface area contributed by atoms with Gasteiger partial charge in [0.25, 0.3) is 0 Å². The van der Waals surface area contributed by atoms with E-state index in [0.717, 1.165) is 0 Å². The number of hydrogen-bond acceptors (Lipinski definition) is 1. The fraction of sp³-hybridized carbons (Fsp3) is 0.600. The summed E-state index contributed by atoms with van der Waals surface area (Å²) in [4.78, 5) is 0. The van der Waals surface area contributed by atoms with Crippen LogP contribution in [0, 0.1) is 0 Å². The molecule has 0 radical (unpaired) electrons. The zero-order chi connectivity index (χ0) is 5.70. The minimum atomic E-state index is 0.421. The van der Waals surface area contributed by atoms with Crippen molar-refractivity contribution in [2.24, 2.45) is 0 Å². The lowest BCUT2D eigenvalue weighted by atomic mass is 10.6. The summed E-state index contributed by atoms with van der Waals surface area (Å²) >= 11 is 0. The molecular formula is C5H10FN. The molecule has 0 amide bonds. The Balaban J connectivity index is 3.16. The summed E-state index contributed by atoms with van der Waals surface area (Å²) < 4.78 is 11.9. The van der Waals surface area contributed by atoms with Crippen molar-refractivity contribution >= 4 is 0 Å². The summed E-state index contributed by atoms with van der Waals surface area (Å²) in [5.41, 5.74) is 0. The van der Waals surface area contributed by atoms with Gasteiger partial charge in [0.2, 0.25) is 0 Å². The van der Waals surface area contributed by atoms with Gasteiger partial charge in [0.15, 0.2) is 0 Å². The summed E-state index contributed by atoms with van der Waals surface area (Å²) in [5, 5.41) is 0.625. The molecule has 0 aliphatic carbocycles. The first-order valence-corrected chi connectivity index (χ1v) is 2.36. The smallest absolute Gasteiger partial charge is 0.0470 e. The molecule has 0 fully saturated rings. The molecule has 0 saturated heterocycles. The zero-order valence-corrected chi connectivity index (χ0v) is 4.69. The topological polar surface area (TPSA) is 3.24 Å². The van der Waals surface area contributed by atoms with E-state index in [2.05, 4.69) is 0 Å². The third-order valence-electron chi connectivity index (χ3n) is 0.613. The highest BCUT2D eigenvalue weighted by molar-refractivity contribution is 4.71. The van der Waals surface area contributed by atoms with Crippen LogP contribution in [0.3, 0.4) is 0 Å². The van der Waals surface area contributed by atoms with E-state index in [0.29, 0.717) is 11.7 Å². The Labute approximate surface area is 43.4 Å². The molecule has 0 spiro atoms. The van der Waals surface area contributed by atoms with E-state index in [1.54, 1.807) is 19.9 Å². The lowest BCUT2D eigenvalue weighted by Crippen LogP contribution is -2.01. The maximum absolute atomic E-state index is 11.9. The predicted molar refractivity (Wildman–Crippen MR) is 28.3 cm³/mol. The molecular weight excluding hydrogens is 93.1 g/mol. The summed E-state index contributed by atoms with van der Waals surface area (Å²) in [6.07, 6.45) is 3.05. The average molecular weight is 103 g/mol. The second-order valence-corrected chi connectivity index (χ2v) is 1.20. The number of hydrogen-bond donors (Lipinski definition) is 0. The Morgan fingerprint density at radius 2 is 2.29 bits per heavy atom. The van der Waals surface area contributed by atoms with Gasteiger partial charge < -0.3 is 0 Å². The molecule has 7 heavy (non-hydrogen) atoms. The van der Waals surface area contributed by atoms with Crippen LogP contribution in [-0.4, -0.2) is 11.7 Å². The minimum Gasteiger partial charge on any atom is -0.220 e. The van der Waals surface area contributed by atoms with Crippen molar-refractivity contribution in [3.63, 3.8) is 0 Å². The first-order valence-electron chi connectivity index (χ1n) is 2.36. The highest BCUT2D eigenvalue weighted by Crippen LogP contribution is 1.86. The lowest BCUT2D eigenvalue weighted by Gasteiger charge is -2.00. The van der Waals surface area contributed by atoms with Crippen molar-refractivity contribution in [3.05, 3.63) is 12.3 Å². The van der Waals surface area contributed by atoms with Gasteiger partial charge in [0.1, 0.15) is 0 Å². The van der Waals surface area contributed by atoms with Gasteiger partial charge in [-0.15, -0.1) is 4.48 Å². The van der Waals surface area contributed by atoms with Gasteiger partial charge in [0.05, 0.1) is 0 Å². The molecule has 2 heteroatoms. The maximum Gasteiger partial charge on any atom is 0.0470 e.